The first-order chi connectivity index (χ1) is 11.3. The summed E-state index contributed by atoms with van der Waals surface area (Å²) in [7, 11) is 1.59. The molecule has 0 aliphatic carbocycles. The average molecular weight is 314 g/mol. The number of nitrogens with one attached hydrogen (secondary N) is 1. The lowest BCUT2D eigenvalue weighted by atomic mass is 10.1. The smallest absolute Gasteiger partial charge is 0.271 e. The van der Waals surface area contributed by atoms with Gasteiger partial charge in [-0.25, -0.2) is 15.0 Å². The fourth-order valence-electron chi connectivity index (χ4n) is 2.48. The van der Waals surface area contributed by atoms with Crippen LogP contribution in [0, 0.1) is 0 Å². The summed E-state index contributed by atoms with van der Waals surface area (Å²) in [6.07, 6.45) is 9.51. The monoisotopic (exact) mass is 314 g/mol. The van der Waals surface area contributed by atoms with Crippen LogP contribution in [0.1, 0.15) is 23.3 Å². The number of carbonyl (C=O) groups excluding carboxylic acids is 1. The molecule has 0 atom stereocenters. The van der Waals surface area contributed by atoms with Gasteiger partial charge in [-0.1, -0.05) is 0 Å². The zero-order valence-corrected chi connectivity index (χ0v) is 12.8. The summed E-state index contributed by atoms with van der Waals surface area (Å²) < 4.78 is 5.06. The van der Waals surface area contributed by atoms with E-state index < -0.39 is 0 Å². The Bertz CT molecular complexity index is 641. The van der Waals surface area contributed by atoms with E-state index in [1.54, 1.807) is 25.7 Å². The number of hydrogen-bond acceptors (Lipinski definition) is 7. The van der Waals surface area contributed by atoms with E-state index >= 15 is 0 Å². The molecule has 0 saturated carbocycles. The maximum Gasteiger partial charge on any atom is 0.271 e. The highest BCUT2D eigenvalue weighted by atomic mass is 16.5. The van der Waals surface area contributed by atoms with Gasteiger partial charge in [0.05, 0.1) is 25.7 Å². The van der Waals surface area contributed by atoms with E-state index in [1.807, 2.05) is 0 Å². The van der Waals surface area contributed by atoms with Crippen LogP contribution in [-0.4, -0.2) is 52.1 Å². The number of piperidine rings is 1. The zero-order valence-electron chi connectivity index (χ0n) is 12.8. The van der Waals surface area contributed by atoms with Gasteiger partial charge in [-0.2, -0.15) is 0 Å². The second-order valence-electron chi connectivity index (χ2n) is 5.25. The minimum absolute atomic E-state index is 0.124. The molecule has 0 aromatic carbocycles. The normalized spacial score (nSPS) is 15.3. The number of aromatic nitrogens is 4. The van der Waals surface area contributed by atoms with Crippen molar-refractivity contribution >= 4 is 11.9 Å². The number of anilines is 1. The third kappa shape index (κ3) is 3.71. The number of nitrogens with zero attached hydrogens (tertiary/aromatic N) is 5. The van der Waals surface area contributed by atoms with Crippen molar-refractivity contribution in [1.29, 1.82) is 0 Å². The minimum atomic E-state index is -0.183. The highest BCUT2D eigenvalue weighted by Gasteiger charge is 2.23. The zero-order chi connectivity index (χ0) is 16.1. The quantitative estimate of drug-likeness (QED) is 0.886. The van der Waals surface area contributed by atoms with Crippen molar-refractivity contribution in [1.82, 2.24) is 25.3 Å². The lowest BCUT2D eigenvalue weighted by Gasteiger charge is -2.32. The topological polar surface area (TPSA) is 93.1 Å². The third-order valence-corrected chi connectivity index (χ3v) is 3.76. The van der Waals surface area contributed by atoms with Crippen LogP contribution in [0.4, 0.5) is 5.95 Å². The second kappa shape index (κ2) is 6.99. The van der Waals surface area contributed by atoms with E-state index in [2.05, 4.69) is 30.2 Å². The van der Waals surface area contributed by atoms with Gasteiger partial charge in [0.25, 0.3) is 5.91 Å². The molecule has 8 nitrogen and oxygen atoms in total. The molecule has 23 heavy (non-hydrogen) atoms. The Morgan fingerprint density at radius 1 is 1.17 bits per heavy atom. The van der Waals surface area contributed by atoms with Crippen LogP contribution < -0.4 is 15.0 Å². The van der Waals surface area contributed by atoms with Crippen LogP contribution in [0.2, 0.25) is 0 Å². The van der Waals surface area contributed by atoms with Crippen LogP contribution in [0.25, 0.3) is 0 Å². The molecule has 0 unspecified atom stereocenters. The van der Waals surface area contributed by atoms with Crippen LogP contribution in [-0.2, 0) is 0 Å². The summed E-state index contributed by atoms with van der Waals surface area (Å²) >= 11 is 0. The summed E-state index contributed by atoms with van der Waals surface area (Å²) in [6, 6.07) is 0.124. The number of methoxy groups -OCH3 is 1. The summed E-state index contributed by atoms with van der Waals surface area (Å²) in [4.78, 5) is 30.7. The molecular weight excluding hydrogens is 296 g/mol. The van der Waals surface area contributed by atoms with E-state index in [9.17, 15) is 4.79 Å². The van der Waals surface area contributed by atoms with Gasteiger partial charge < -0.3 is 15.0 Å². The van der Waals surface area contributed by atoms with Crippen molar-refractivity contribution < 1.29 is 9.53 Å². The molecule has 1 aliphatic rings. The van der Waals surface area contributed by atoms with Crippen molar-refractivity contribution in [3.63, 3.8) is 0 Å². The molecule has 2 aromatic rings. The van der Waals surface area contributed by atoms with Crippen LogP contribution in [0.3, 0.4) is 0 Å². The lowest BCUT2D eigenvalue weighted by molar-refractivity contribution is 0.0925. The van der Waals surface area contributed by atoms with Crippen molar-refractivity contribution in [2.24, 2.45) is 0 Å². The highest BCUT2D eigenvalue weighted by molar-refractivity contribution is 5.92. The van der Waals surface area contributed by atoms with E-state index in [1.165, 1.54) is 12.4 Å². The first kappa shape index (κ1) is 15.1. The standard InChI is InChI=1S/C15H18N6O2/c1-23-12-8-18-15(19-9-12)21-6-2-11(3-7-21)20-14(22)13-10-16-4-5-17-13/h4-5,8-11H,2-3,6-7H2,1H3,(H,20,22). The predicted molar refractivity (Wildman–Crippen MR) is 83.3 cm³/mol. The van der Waals surface area contributed by atoms with Gasteiger partial charge in [0.15, 0.2) is 5.75 Å². The van der Waals surface area contributed by atoms with Crippen molar-refractivity contribution in [3.05, 3.63) is 36.7 Å². The molecule has 120 valence electrons. The molecule has 8 heteroatoms. The fraction of sp³-hybridized carbons (Fsp3) is 0.400. The molecule has 0 spiro atoms. The third-order valence-electron chi connectivity index (χ3n) is 3.76. The highest BCUT2D eigenvalue weighted by Crippen LogP contribution is 2.17. The first-order valence-electron chi connectivity index (χ1n) is 7.44. The van der Waals surface area contributed by atoms with Crippen LogP contribution in [0.15, 0.2) is 31.0 Å². The minimum Gasteiger partial charge on any atom is -0.494 e. The molecule has 0 radical (unpaired) electrons. The maximum atomic E-state index is 12.1. The Balaban J connectivity index is 1.53. The summed E-state index contributed by atoms with van der Waals surface area (Å²) in [5, 5.41) is 3.00. The molecule has 3 heterocycles. The van der Waals surface area contributed by atoms with Crippen molar-refractivity contribution in [2.75, 3.05) is 25.1 Å². The molecule has 2 aromatic heterocycles. The Morgan fingerprint density at radius 2 is 1.91 bits per heavy atom. The van der Waals surface area contributed by atoms with Crippen molar-refractivity contribution in [3.8, 4) is 5.75 Å². The van der Waals surface area contributed by atoms with Crippen LogP contribution >= 0.6 is 0 Å². The Labute approximate surface area is 134 Å². The molecule has 1 N–H and O–H groups in total. The van der Waals surface area contributed by atoms with Gasteiger partial charge in [0, 0.05) is 31.5 Å². The largest absolute Gasteiger partial charge is 0.494 e. The molecular formula is C15H18N6O2. The fourth-order valence-corrected chi connectivity index (χ4v) is 2.48. The van der Waals surface area contributed by atoms with E-state index in [0.717, 1.165) is 25.9 Å². The van der Waals surface area contributed by atoms with Gasteiger partial charge in [0.1, 0.15) is 5.69 Å². The summed E-state index contributed by atoms with van der Waals surface area (Å²) in [6.45, 7) is 1.58. The maximum absolute atomic E-state index is 12.1. The Hall–Kier alpha value is -2.77. The summed E-state index contributed by atoms with van der Waals surface area (Å²) in [5.74, 6) is 1.14. The number of ether oxygens (including phenoxy) is 1. The van der Waals surface area contributed by atoms with Gasteiger partial charge in [-0.15, -0.1) is 0 Å². The van der Waals surface area contributed by atoms with Crippen molar-refractivity contribution in [2.45, 2.75) is 18.9 Å². The first-order valence-corrected chi connectivity index (χ1v) is 7.44. The van der Waals surface area contributed by atoms with Gasteiger partial charge >= 0.3 is 0 Å². The predicted octanol–water partition coefficient (Wildman–Crippen LogP) is 0.674. The van der Waals surface area contributed by atoms with Gasteiger partial charge in [-0.3, -0.25) is 9.78 Å². The molecule has 1 saturated heterocycles. The van der Waals surface area contributed by atoms with Gasteiger partial charge in [0.2, 0.25) is 5.95 Å². The van der Waals surface area contributed by atoms with E-state index in [0.29, 0.717) is 17.4 Å². The molecule has 1 fully saturated rings. The molecule has 3 rings (SSSR count). The molecule has 0 bridgehead atoms. The Morgan fingerprint density at radius 3 is 2.52 bits per heavy atom. The number of carbonyl (C=O) groups is 1. The molecule has 1 aliphatic heterocycles. The molecule has 1 amide bonds. The van der Waals surface area contributed by atoms with Gasteiger partial charge in [-0.05, 0) is 12.8 Å². The number of rotatable bonds is 4. The van der Waals surface area contributed by atoms with Crippen LogP contribution in [0.5, 0.6) is 5.75 Å². The van der Waals surface area contributed by atoms with E-state index in [4.69, 9.17) is 4.74 Å². The Kier molecular flexibility index (Phi) is 4.60. The SMILES string of the molecule is COc1cnc(N2CCC(NC(=O)c3cnccn3)CC2)nc1. The summed E-state index contributed by atoms with van der Waals surface area (Å²) in [5.41, 5.74) is 0.341. The van der Waals surface area contributed by atoms with E-state index in [-0.39, 0.29) is 11.9 Å². The lowest BCUT2D eigenvalue weighted by Crippen LogP contribution is -2.45. The second-order valence-corrected chi connectivity index (χ2v) is 5.25. The number of hydrogen-bond donors (Lipinski definition) is 1. The average Bonchev–Trinajstić information content (AvgIpc) is 2.63. The number of amides is 1.